The van der Waals surface area contributed by atoms with Gasteiger partial charge in [-0.2, -0.15) is 0 Å². The largest absolute Gasteiger partial charge is 0.396 e. The Hall–Kier alpha value is -3.79. The van der Waals surface area contributed by atoms with E-state index >= 15 is 0 Å². The molecular weight excluding hydrogens is 427 g/mol. The van der Waals surface area contributed by atoms with Crippen molar-refractivity contribution in [3.8, 4) is 0 Å². The molecule has 0 aliphatic carbocycles. The molecule has 1 saturated heterocycles. The van der Waals surface area contributed by atoms with Crippen molar-refractivity contribution < 1.29 is 14.4 Å². The first-order valence-electron chi connectivity index (χ1n) is 10.7. The van der Waals surface area contributed by atoms with Gasteiger partial charge >= 0.3 is 5.69 Å². The van der Waals surface area contributed by atoms with Crippen molar-refractivity contribution in [1.29, 1.82) is 0 Å². The molecule has 0 spiro atoms. The number of halogens is 1. The smallest absolute Gasteiger partial charge is 0.311 e. The minimum Gasteiger partial charge on any atom is -0.396 e. The predicted molar refractivity (Wildman–Crippen MR) is 125 cm³/mol. The average Bonchev–Trinajstić information content (AvgIpc) is 2.84. The van der Waals surface area contributed by atoms with Gasteiger partial charge in [-0.25, -0.2) is 9.37 Å². The molecule has 0 amide bonds. The lowest BCUT2D eigenvalue weighted by Gasteiger charge is -2.33. The van der Waals surface area contributed by atoms with Gasteiger partial charge < -0.3 is 20.2 Å². The average molecular weight is 452 g/mol. The lowest BCUT2D eigenvalue weighted by Crippen LogP contribution is -2.37. The molecule has 0 radical (unpaired) electrons. The highest BCUT2D eigenvalue weighted by Gasteiger charge is 2.23. The van der Waals surface area contributed by atoms with Crippen molar-refractivity contribution in [3.63, 3.8) is 0 Å². The van der Waals surface area contributed by atoms with Gasteiger partial charge in [-0.15, -0.1) is 0 Å². The number of aliphatic hydroxyl groups is 1. The van der Waals surface area contributed by atoms with Crippen LogP contribution in [0.4, 0.5) is 38.8 Å². The van der Waals surface area contributed by atoms with Crippen LogP contribution in [0.3, 0.4) is 0 Å². The van der Waals surface area contributed by atoms with Gasteiger partial charge in [0.2, 0.25) is 5.82 Å². The summed E-state index contributed by atoms with van der Waals surface area (Å²) in [6.07, 6.45) is 5.10. The number of pyridine rings is 2. The second-order valence-electron chi connectivity index (χ2n) is 7.99. The molecule has 1 fully saturated rings. The van der Waals surface area contributed by atoms with Crippen LogP contribution >= 0.6 is 0 Å². The molecule has 3 aromatic rings. The third kappa shape index (κ3) is 5.01. The fourth-order valence-corrected chi connectivity index (χ4v) is 3.98. The molecule has 10 heteroatoms. The minimum atomic E-state index is -0.529. The third-order valence-electron chi connectivity index (χ3n) is 5.78. The quantitative estimate of drug-likeness (QED) is 0.405. The molecule has 1 atom stereocenters. The lowest BCUT2D eigenvalue weighted by molar-refractivity contribution is -0.384. The maximum absolute atomic E-state index is 14.9. The summed E-state index contributed by atoms with van der Waals surface area (Å²) in [5.74, 6) is 0.188. The highest BCUT2D eigenvalue weighted by molar-refractivity contribution is 5.71. The number of hydrogen-bond acceptors (Lipinski definition) is 8. The summed E-state index contributed by atoms with van der Waals surface area (Å²) in [5.41, 5.74) is 1.40. The highest BCUT2D eigenvalue weighted by Crippen LogP contribution is 2.32. The van der Waals surface area contributed by atoms with Crippen molar-refractivity contribution >= 4 is 34.4 Å². The van der Waals surface area contributed by atoms with Gasteiger partial charge in [0.25, 0.3) is 0 Å². The number of nitrogens with one attached hydrogen (secondary N) is 1. The highest BCUT2D eigenvalue weighted by atomic mass is 19.1. The maximum Gasteiger partial charge on any atom is 0.311 e. The number of benzene rings is 1. The fourth-order valence-electron chi connectivity index (χ4n) is 3.98. The number of anilines is 5. The molecule has 4 rings (SSSR count). The molecule has 2 aromatic heterocycles. The summed E-state index contributed by atoms with van der Waals surface area (Å²) in [7, 11) is 1.79. The summed E-state index contributed by atoms with van der Waals surface area (Å²) >= 11 is 0. The predicted octanol–water partition coefficient (Wildman–Crippen LogP) is 4.24. The van der Waals surface area contributed by atoms with E-state index in [2.05, 4.69) is 15.3 Å². The number of nitro groups is 1. The van der Waals surface area contributed by atoms with E-state index in [1.54, 1.807) is 54.7 Å². The van der Waals surface area contributed by atoms with Crippen LogP contribution in [0.2, 0.25) is 0 Å². The Morgan fingerprint density at radius 3 is 2.76 bits per heavy atom. The van der Waals surface area contributed by atoms with Gasteiger partial charge in [0.15, 0.2) is 0 Å². The zero-order valence-corrected chi connectivity index (χ0v) is 18.2. The molecule has 2 N–H and O–H groups in total. The summed E-state index contributed by atoms with van der Waals surface area (Å²) in [6, 6.07) is 11.2. The van der Waals surface area contributed by atoms with Gasteiger partial charge in [0.1, 0.15) is 11.6 Å². The third-order valence-corrected chi connectivity index (χ3v) is 5.78. The molecule has 172 valence electrons. The molecule has 1 aliphatic heterocycles. The summed E-state index contributed by atoms with van der Waals surface area (Å²) in [4.78, 5) is 23.1. The van der Waals surface area contributed by atoms with E-state index in [0.717, 1.165) is 25.1 Å². The molecular formula is C23H25FN6O3. The molecule has 0 bridgehead atoms. The van der Waals surface area contributed by atoms with E-state index in [4.69, 9.17) is 0 Å². The summed E-state index contributed by atoms with van der Waals surface area (Å²) in [6.45, 7) is 1.39. The number of piperidine rings is 1. The van der Waals surface area contributed by atoms with E-state index in [0.29, 0.717) is 23.7 Å². The Morgan fingerprint density at radius 1 is 1.27 bits per heavy atom. The van der Waals surface area contributed by atoms with Crippen molar-refractivity contribution in [2.45, 2.75) is 12.8 Å². The molecule has 1 aliphatic rings. The minimum absolute atomic E-state index is 0.0175. The summed E-state index contributed by atoms with van der Waals surface area (Å²) in [5, 5.41) is 23.9. The van der Waals surface area contributed by atoms with E-state index in [-0.39, 0.29) is 24.0 Å². The number of aliphatic hydroxyl groups excluding tert-OH is 1. The zero-order valence-electron chi connectivity index (χ0n) is 18.2. The number of hydrogen-bond donors (Lipinski definition) is 2. The summed E-state index contributed by atoms with van der Waals surface area (Å²) < 4.78 is 14.9. The Kier molecular flexibility index (Phi) is 6.64. The molecule has 3 heterocycles. The number of rotatable bonds is 7. The molecule has 1 aromatic carbocycles. The van der Waals surface area contributed by atoms with E-state index in [1.165, 1.54) is 12.1 Å². The Labute approximate surface area is 190 Å². The monoisotopic (exact) mass is 452 g/mol. The molecule has 33 heavy (non-hydrogen) atoms. The van der Waals surface area contributed by atoms with Crippen LogP contribution in [0.15, 0.2) is 54.9 Å². The molecule has 9 nitrogen and oxygen atoms in total. The van der Waals surface area contributed by atoms with Crippen LogP contribution in [0.1, 0.15) is 12.8 Å². The van der Waals surface area contributed by atoms with E-state index in [1.807, 2.05) is 4.90 Å². The Bertz CT molecular complexity index is 1130. The van der Waals surface area contributed by atoms with Crippen LogP contribution in [0.25, 0.3) is 0 Å². The van der Waals surface area contributed by atoms with Crippen LogP contribution < -0.4 is 15.1 Å². The second kappa shape index (κ2) is 9.78. The van der Waals surface area contributed by atoms with Crippen LogP contribution in [0.5, 0.6) is 0 Å². The van der Waals surface area contributed by atoms with E-state index < -0.39 is 10.7 Å². The normalized spacial score (nSPS) is 15.8. The van der Waals surface area contributed by atoms with Crippen LogP contribution in [-0.4, -0.2) is 46.7 Å². The van der Waals surface area contributed by atoms with Gasteiger partial charge in [-0.05, 0) is 55.2 Å². The number of aromatic nitrogens is 2. The van der Waals surface area contributed by atoms with Gasteiger partial charge in [0, 0.05) is 56.6 Å². The first-order chi connectivity index (χ1) is 16.0. The Morgan fingerprint density at radius 2 is 2.06 bits per heavy atom. The molecule has 0 saturated carbocycles. The first-order valence-corrected chi connectivity index (χ1v) is 10.7. The van der Waals surface area contributed by atoms with Crippen LogP contribution in [-0.2, 0) is 0 Å². The fraction of sp³-hybridized carbons (Fsp3) is 0.304. The van der Waals surface area contributed by atoms with Gasteiger partial charge in [0.05, 0.1) is 10.6 Å². The zero-order chi connectivity index (χ0) is 23.4. The van der Waals surface area contributed by atoms with Gasteiger partial charge in [-0.3, -0.25) is 15.1 Å². The van der Waals surface area contributed by atoms with Crippen molar-refractivity contribution in [1.82, 2.24) is 9.97 Å². The number of nitrogens with zero attached hydrogens (tertiary/aromatic N) is 5. The van der Waals surface area contributed by atoms with Crippen molar-refractivity contribution in [3.05, 3.63) is 70.8 Å². The van der Waals surface area contributed by atoms with Crippen molar-refractivity contribution in [2.24, 2.45) is 5.92 Å². The van der Waals surface area contributed by atoms with Crippen molar-refractivity contribution in [2.75, 3.05) is 41.9 Å². The topological polar surface area (TPSA) is 108 Å². The second-order valence-corrected chi connectivity index (χ2v) is 7.99. The Balaban J connectivity index is 1.60. The molecule has 1 unspecified atom stereocenters. The first kappa shape index (κ1) is 22.4. The lowest BCUT2D eigenvalue weighted by atomic mass is 9.98. The van der Waals surface area contributed by atoms with Crippen LogP contribution in [0, 0.1) is 21.8 Å². The maximum atomic E-state index is 14.9. The van der Waals surface area contributed by atoms with E-state index in [9.17, 15) is 19.6 Å². The SMILES string of the molecule is CN(c1ccncc1)c1ccc([N+](=O)[O-])c(Nc2ccc(N3CCCC(CO)C3)c(F)c2)n1. The standard InChI is InChI=1S/C23H25FN6O3/c1-28(18-8-10-25-11-9-18)22-7-6-21(30(32)33)23(27-22)26-17-4-5-20(19(24)13-17)29-12-2-3-16(14-29)15-31/h4-11,13,16,31H,2-3,12,14-15H2,1H3,(H,26,27). The van der Waals surface area contributed by atoms with Gasteiger partial charge in [-0.1, -0.05) is 0 Å².